The first-order valence-electron chi connectivity index (χ1n) is 5.13. The molecule has 0 spiro atoms. The molecular weight excluding hydrogens is 192 g/mol. The van der Waals surface area contributed by atoms with Gasteiger partial charge in [0.05, 0.1) is 0 Å². The molecule has 1 heteroatoms. The van der Waals surface area contributed by atoms with Crippen LogP contribution in [-0.4, -0.2) is 0 Å². The van der Waals surface area contributed by atoms with E-state index in [-0.39, 0.29) is 0 Å². The molecule has 0 N–H and O–H groups in total. The molecule has 1 aromatic carbocycles. The molecule has 0 saturated carbocycles. The number of allylic oxidation sites excluding steroid dienone is 2. The average Bonchev–Trinajstić information content (AvgIpc) is 2.56. The monoisotopic (exact) mass is 205 g/mol. The lowest BCUT2D eigenvalue weighted by molar-refractivity contribution is 1.11. The highest BCUT2D eigenvalue weighted by Crippen LogP contribution is 2.41. The molecule has 0 saturated heterocycles. The molecule has 0 atom stereocenters. The molecule has 73 valence electrons. The second-order valence-corrected chi connectivity index (χ2v) is 3.97. The quantitative estimate of drug-likeness (QED) is 0.668. The first-order chi connectivity index (χ1) is 6.77. The van der Waals surface area contributed by atoms with Crippen LogP contribution in [0.2, 0.25) is 5.02 Å². The van der Waals surface area contributed by atoms with E-state index in [1.165, 1.54) is 22.3 Å². The maximum Gasteiger partial charge on any atom is 0.0484 e. The second-order valence-electron chi connectivity index (χ2n) is 3.56. The third kappa shape index (κ3) is 1.38. The number of hydrogen-bond acceptors (Lipinski definition) is 0. The Hall–Kier alpha value is -0.750. The molecule has 0 aliphatic heterocycles. The minimum atomic E-state index is 0.888. The lowest BCUT2D eigenvalue weighted by atomic mass is 10.0. The van der Waals surface area contributed by atoms with Crippen molar-refractivity contribution in [3.8, 4) is 0 Å². The normalized spacial score (nSPS) is 14.8. The molecule has 1 aliphatic carbocycles. The Bertz CT molecular complexity index is 388. The summed E-state index contributed by atoms with van der Waals surface area (Å²) in [6.45, 7) is 4.39. The van der Waals surface area contributed by atoms with E-state index >= 15 is 0 Å². The van der Waals surface area contributed by atoms with Gasteiger partial charge in [-0.1, -0.05) is 43.2 Å². The zero-order valence-corrected chi connectivity index (χ0v) is 9.36. The Kier molecular flexibility index (Phi) is 2.64. The fraction of sp³-hybridized carbons (Fsp3) is 0.308. The molecule has 1 radical (unpaired) electrons. The Morgan fingerprint density at radius 2 is 1.93 bits per heavy atom. The van der Waals surface area contributed by atoms with Crippen molar-refractivity contribution < 1.29 is 0 Å². The van der Waals surface area contributed by atoms with Crippen LogP contribution in [0.25, 0.3) is 5.57 Å². The van der Waals surface area contributed by atoms with Gasteiger partial charge in [0.1, 0.15) is 0 Å². The molecule has 14 heavy (non-hydrogen) atoms. The van der Waals surface area contributed by atoms with Gasteiger partial charge in [-0.2, -0.15) is 0 Å². The van der Waals surface area contributed by atoms with Gasteiger partial charge >= 0.3 is 0 Å². The Labute approximate surface area is 90.6 Å². The van der Waals surface area contributed by atoms with Gasteiger partial charge in [-0.05, 0) is 30.0 Å². The standard InChI is InChI=1S/C13H14Cl/c1-3-9-8-10-6-5-7-12(14)13(10)11(9)4-2/h5-8H,3-4H2,1-2H3. The van der Waals surface area contributed by atoms with Crippen molar-refractivity contribution in [3.05, 3.63) is 46.3 Å². The summed E-state index contributed by atoms with van der Waals surface area (Å²) in [7, 11) is 0. The fourth-order valence-electron chi connectivity index (χ4n) is 2.13. The summed E-state index contributed by atoms with van der Waals surface area (Å²) in [6, 6.07) is 6.13. The number of benzene rings is 1. The topological polar surface area (TPSA) is 0 Å². The number of halogens is 1. The lowest BCUT2D eigenvalue weighted by Crippen LogP contribution is -1.84. The van der Waals surface area contributed by atoms with Crippen molar-refractivity contribution in [1.82, 2.24) is 0 Å². The third-order valence-electron chi connectivity index (χ3n) is 2.80. The molecule has 0 amide bonds. The molecule has 1 aromatic rings. The highest BCUT2D eigenvalue weighted by Gasteiger charge is 2.21. The molecule has 1 aliphatic rings. The highest BCUT2D eigenvalue weighted by molar-refractivity contribution is 6.32. The summed E-state index contributed by atoms with van der Waals surface area (Å²) in [5.41, 5.74) is 5.41. The van der Waals surface area contributed by atoms with Gasteiger partial charge in [0.15, 0.2) is 0 Å². The third-order valence-corrected chi connectivity index (χ3v) is 3.11. The molecule has 2 rings (SSSR count). The van der Waals surface area contributed by atoms with E-state index in [4.69, 9.17) is 11.6 Å². The van der Waals surface area contributed by atoms with Gasteiger partial charge < -0.3 is 0 Å². The van der Waals surface area contributed by atoms with Gasteiger partial charge in [-0.25, -0.2) is 0 Å². The Balaban J connectivity index is 2.57. The van der Waals surface area contributed by atoms with E-state index in [1.54, 1.807) is 0 Å². The fourth-order valence-corrected chi connectivity index (χ4v) is 2.43. The lowest BCUT2D eigenvalue weighted by Gasteiger charge is -2.05. The number of fused-ring (bicyclic) bond motifs is 1. The summed E-state index contributed by atoms with van der Waals surface area (Å²) in [6.07, 6.45) is 4.42. The van der Waals surface area contributed by atoms with Crippen LogP contribution in [-0.2, 0) is 0 Å². The number of rotatable bonds is 2. The molecular formula is C13H14Cl. The molecule has 0 aromatic heterocycles. The molecule has 0 unspecified atom stereocenters. The molecule has 0 heterocycles. The SMILES string of the molecule is CCC1=C(CC)c2c(Cl)cccc2[CH]1. The maximum atomic E-state index is 6.21. The van der Waals surface area contributed by atoms with Gasteiger partial charge in [-0.3, -0.25) is 0 Å². The van der Waals surface area contributed by atoms with Crippen molar-refractivity contribution >= 4 is 17.2 Å². The van der Waals surface area contributed by atoms with Crippen LogP contribution in [0.5, 0.6) is 0 Å². The van der Waals surface area contributed by atoms with Gasteiger partial charge in [0.2, 0.25) is 0 Å². The predicted molar refractivity (Wildman–Crippen MR) is 62.4 cm³/mol. The summed E-state index contributed by atoms with van der Waals surface area (Å²) >= 11 is 6.21. The summed E-state index contributed by atoms with van der Waals surface area (Å²) in [5.74, 6) is 0. The molecule has 0 nitrogen and oxygen atoms in total. The zero-order valence-electron chi connectivity index (χ0n) is 8.60. The van der Waals surface area contributed by atoms with E-state index in [0.29, 0.717) is 0 Å². The first-order valence-corrected chi connectivity index (χ1v) is 5.51. The predicted octanol–water partition coefficient (Wildman–Crippen LogP) is 4.48. The smallest absolute Gasteiger partial charge is 0.0484 e. The van der Waals surface area contributed by atoms with Crippen LogP contribution in [0.3, 0.4) is 0 Å². The zero-order chi connectivity index (χ0) is 10.1. The van der Waals surface area contributed by atoms with Gasteiger partial charge in [0.25, 0.3) is 0 Å². The molecule has 0 bridgehead atoms. The summed E-state index contributed by atoms with van der Waals surface area (Å²) < 4.78 is 0. The van der Waals surface area contributed by atoms with Crippen LogP contribution in [0, 0.1) is 6.42 Å². The van der Waals surface area contributed by atoms with Crippen molar-refractivity contribution in [1.29, 1.82) is 0 Å². The highest BCUT2D eigenvalue weighted by atomic mass is 35.5. The minimum absolute atomic E-state index is 0.888. The van der Waals surface area contributed by atoms with E-state index in [9.17, 15) is 0 Å². The summed E-state index contributed by atoms with van der Waals surface area (Å²) in [4.78, 5) is 0. The van der Waals surface area contributed by atoms with E-state index < -0.39 is 0 Å². The van der Waals surface area contributed by atoms with Crippen LogP contribution in [0.1, 0.15) is 37.8 Å². The van der Waals surface area contributed by atoms with E-state index in [2.05, 4.69) is 26.3 Å². The van der Waals surface area contributed by atoms with Crippen LogP contribution in [0.4, 0.5) is 0 Å². The molecule has 0 fully saturated rings. The average molecular weight is 206 g/mol. The second kappa shape index (κ2) is 3.78. The first kappa shape index (κ1) is 9.79. The van der Waals surface area contributed by atoms with Crippen LogP contribution in [0.15, 0.2) is 23.8 Å². The van der Waals surface area contributed by atoms with Crippen LogP contribution < -0.4 is 0 Å². The van der Waals surface area contributed by atoms with E-state index in [1.807, 2.05) is 12.1 Å². The maximum absolute atomic E-state index is 6.21. The van der Waals surface area contributed by atoms with Crippen molar-refractivity contribution in [2.45, 2.75) is 26.7 Å². The Morgan fingerprint density at radius 3 is 2.57 bits per heavy atom. The van der Waals surface area contributed by atoms with Crippen molar-refractivity contribution in [3.63, 3.8) is 0 Å². The largest absolute Gasteiger partial charge is 0.0837 e. The Morgan fingerprint density at radius 1 is 1.14 bits per heavy atom. The van der Waals surface area contributed by atoms with Crippen molar-refractivity contribution in [2.75, 3.05) is 0 Å². The van der Waals surface area contributed by atoms with E-state index in [0.717, 1.165) is 17.9 Å². The van der Waals surface area contributed by atoms with Gasteiger partial charge in [0, 0.05) is 17.0 Å². The van der Waals surface area contributed by atoms with Crippen molar-refractivity contribution in [2.24, 2.45) is 0 Å². The van der Waals surface area contributed by atoms with Gasteiger partial charge in [-0.15, -0.1) is 0 Å². The summed E-state index contributed by atoms with van der Waals surface area (Å²) in [5, 5.41) is 0.888. The minimum Gasteiger partial charge on any atom is -0.0837 e. The van der Waals surface area contributed by atoms with Crippen LogP contribution >= 0.6 is 11.6 Å². The number of hydrogen-bond donors (Lipinski definition) is 0.